The van der Waals surface area contributed by atoms with E-state index in [2.05, 4.69) is 0 Å². The van der Waals surface area contributed by atoms with Gasteiger partial charge in [-0.1, -0.05) is 18.2 Å². The van der Waals surface area contributed by atoms with Gasteiger partial charge in [-0.3, -0.25) is 0 Å². The Morgan fingerprint density at radius 3 is 3.00 bits per heavy atom. The number of rotatable bonds is 0. The summed E-state index contributed by atoms with van der Waals surface area (Å²) in [7, 11) is 0. The molecule has 0 spiro atoms. The van der Waals surface area contributed by atoms with Gasteiger partial charge in [0, 0.05) is 0 Å². The quantitative estimate of drug-likeness (QED) is 0.533. The first-order chi connectivity index (χ1) is 5.29. The smallest absolute Gasteiger partial charge is 0.126 e. The molecule has 0 saturated heterocycles. The first-order valence-electron chi connectivity index (χ1n) is 4.01. The summed E-state index contributed by atoms with van der Waals surface area (Å²) in [5.41, 5.74) is 3.26. The fourth-order valence-corrected chi connectivity index (χ4v) is 1.83. The Bertz CT molecular complexity index is 278. The molecule has 1 aliphatic carbocycles. The van der Waals surface area contributed by atoms with Crippen molar-refractivity contribution in [1.82, 2.24) is 0 Å². The highest BCUT2D eigenvalue weighted by molar-refractivity contribution is 5.39. The molecule has 1 aliphatic rings. The molecular formula is C10H11F. The fraction of sp³-hybridized carbons (Fsp3) is 0.400. The second kappa shape index (κ2) is 2.33. The second-order valence-corrected chi connectivity index (χ2v) is 3.15. The van der Waals surface area contributed by atoms with E-state index in [1.807, 2.05) is 25.1 Å². The third-order valence-electron chi connectivity index (χ3n) is 2.39. The van der Waals surface area contributed by atoms with Crippen LogP contribution in [0, 0.1) is 6.92 Å². The zero-order valence-corrected chi connectivity index (χ0v) is 6.60. The molecule has 0 nitrogen and oxygen atoms in total. The van der Waals surface area contributed by atoms with Gasteiger partial charge in [-0.2, -0.15) is 0 Å². The summed E-state index contributed by atoms with van der Waals surface area (Å²) in [6.07, 6.45) is 0.893. The molecule has 1 aromatic rings. The van der Waals surface area contributed by atoms with E-state index in [0.29, 0.717) is 6.42 Å². The van der Waals surface area contributed by atoms with Crippen LogP contribution in [-0.4, -0.2) is 0 Å². The Balaban J connectivity index is 2.58. The van der Waals surface area contributed by atoms with Gasteiger partial charge < -0.3 is 0 Å². The molecule has 58 valence electrons. The maximum atomic E-state index is 13.2. The van der Waals surface area contributed by atoms with Crippen molar-refractivity contribution < 1.29 is 4.39 Å². The Hall–Kier alpha value is -0.850. The first kappa shape index (κ1) is 6.84. The van der Waals surface area contributed by atoms with Crippen LogP contribution in [0.15, 0.2) is 18.2 Å². The van der Waals surface area contributed by atoms with Crippen LogP contribution in [0.2, 0.25) is 0 Å². The third kappa shape index (κ3) is 0.953. The predicted molar refractivity (Wildman–Crippen MR) is 43.3 cm³/mol. The topological polar surface area (TPSA) is 0 Å². The number of halogens is 1. The van der Waals surface area contributed by atoms with Gasteiger partial charge in [0.25, 0.3) is 0 Å². The van der Waals surface area contributed by atoms with E-state index in [4.69, 9.17) is 0 Å². The fourth-order valence-electron chi connectivity index (χ4n) is 1.83. The molecule has 0 aliphatic heterocycles. The zero-order valence-electron chi connectivity index (χ0n) is 6.60. The second-order valence-electron chi connectivity index (χ2n) is 3.15. The lowest BCUT2D eigenvalue weighted by atomic mass is 10.0. The van der Waals surface area contributed by atoms with E-state index >= 15 is 0 Å². The highest BCUT2D eigenvalue weighted by atomic mass is 19.1. The number of hydrogen-bond donors (Lipinski definition) is 0. The van der Waals surface area contributed by atoms with Gasteiger partial charge in [0.15, 0.2) is 0 Å². The molecular weight excluding hydrogens is 139 g/mol. The molecule has 0 saturated carbocycles. The summed E-state index contributed by atoms with van der Waals surface area (Å²) in [5, 5.41) is 0. The van der Waals surface area contributed by atoms with E-state index < -0.39 is 6.17 Å². The van der Waals surface area contributed by atoms with Gasteiger partial charge in [-0.05, 0) is 36.5 Å². The van der Waals surface area contributed by atoms with Gasteiger partial charge in [0.1, 0.15) is 6.17 Å². The molecule has 0 radical (unpaired) electrons. The molecule has 1 aromatic carbocycles. The average molecular weight is 150 g/mol. The van der Waals surface area contributed by atoms with Crippen molar-refractivity contribution in [3.63, 3.8) is 0 Å². The predicted octanol–water partition coefficient (Wildman–Crippen LogP) is 2.95. The van der Waals surface area contributed by atoms with Gasteiger partial charge >= 0.3 is 0 Å². The van der Waals surface area contributed by atoms with Gasteiger partial charge in [0.05, 0.1) is 0 Å². The van der Waals surface area contributed by atoms with Crippen molar-refractivity contribution in [2.45, 2.75) is 25.9 Å². The van der Waals surface area contributed by atoms with Crippen molar-refractivity contribution >= 4 is 0 Å². The van der Waals surface area contributed by atoms with Crippen LogP contribution in [0.3, 0.4) is 0 Å². The minimum absolute atomic E-state index is 0.681. The molecule has 11 heavy (non-hydrogen) atoms. The van der Waals surface area contributed by atoms with Crippen molar-refractivity contribution in [1.29, 1.82) is 0 Å². The van der Waals surface area contributed by atoms with Crippen molar-refractivity contribution in [3.05, 3.63) is 34.9 Å². The molecule has 1 heteroatoms. The number of fused-ring (bicyclic) bond motifs is 1. The molecule has 0 aromatic heterocycles. The van der Waals surface area contributed by atoms with Crippen LogP contribution in [0.4, 0.5) is 4.39 Å². The maximum absolute atomic E-state index is 13.2. The standard InChI is InChI=1S/C10H11F/c1-7-3-2-4-8-5-6-9(11)10(7)8/h2-4,9H,5-6H2,1H3. The maximum Gasteiger partial charge on any atom is 0.126 e. The highest BCUT2D eigenvalue weighted by Gasteiger charge is 2.22. The van der Waals surface area contributed by atoms with E-state index in [9.17, 15) is 4.39 Å². The summed E-state index contributed by atoms with van der Waals surface area (Å²) >= 11 is 0. The van der Waals surface area contributed by atoms with Gasteiger partial charge in [-0.15, -0.1) is 0 Å². The largest absolute Gasteiger partial charge is 0.242 e. The molecule has 1 unspecified atom stereocenters. The minimum atomic E-state index is -0.703. The van der Waals surface area contributed by atoms with Crippen molar-refractivity contribution in [2.24, 2.45) is 0 Å². The molecule has 0 amide bonds. The van der Waals surface area contributed by atoms with Crippen LogP contribution < -0.4 is 0 Å². The average Bonchev–Trinajstić information content (AvgIpc) is 2.34. The molecule has 0 bridgehead atoms. The monoisotopic (exact) mass is 150 g/mol. The number of hydrogen-bond acceptors (Lipinski definition) is 0. The summed E-state index contributed by atoms with van der Waals surface area (Å²) < 4.78 is 13.2. The van der Waals surface area contributed by atoms with E-state index in [-0.39, 0.29) is 0 Å². The highest BCUT2D eigenvalue weighted by Crippen LogP contribution is 2.35. The van der Waals surface area contributed by atoms with Crippen LogP contribution in [-0.2, 0) is 6.42 Å². The summed E-state index contributed by atoms with van der Waals surface area (Å²) in [4.78, 5) is 0. The van der Waals surface area contributed by atoms with E-state index in [1.165, 1.54) is 5.56 Å². The van der Waals surface area contributed by atoms with Crippen molar-refractivity contribution in [2.75, 3.05) is 0 Å². The first-order valence-corrected chi connectivity index (χ1v) is 4.01. The Morgan fingerprint density at radius 1 is 1.45 bits per heavy atom. The van der Waals surface area contributed by atoms with Crippen molar-refractivity contribution in [3.8, 4) is 0 Å². The lowest BCUT2D eigenvalue weighted by Gasteiger charge is -2.04. The SMILES string of the molecule is Cc1cccc2c1C(F)CC2. The Morgan fingerprint density at radius 2 is 2.27 bits per heavy atom. The van der Waals surface area contributed by atoms with Gasteiger partial charge in [-0.25, -0.2) is 4.39 Å². The Kier molecular flexibility index (Phi) is 1.45. The molecule has 2 rings (SSSR count). The minimum Gasteiger partial charge on any atom is -0.242 e. The van der Waals surface area contributed by atoms with Gasteiger partial charge in [0.2, 0.25) is 0 Å². The summed E-state index contributed by atoms with van der Waals surface area (Å²) in [6.45, 7) is 1.98. The lowest BCUT2D eigenvalue weighted by Crippen LogP contribution is -1.88. The normalized spacial score (nSPS) is 21.8. The molecule has 1 atom stereocenters. The zero-order chi connectivity index (χ0) is 7.84. The molecule has 0 heterocycles. The van der Waals surface area contributed by atoms with Crippen LogP contribution in [0.5, 0.6) is 0 Å². The van der Waals surface area contributed by atoms with Crippen LogP contribution in [0.25, 0.3) is 0 Å². The number of alkyl halides is 1. The number of aryl methyl sites for hydroxylation is 2. The Labute approximate surface area is 66.1 Å². The molecule has 0 fully saturated rings. The van der Waals surface area contributed by atoms with E-state index in [1.54, 1.807) is 0 Å². The van der Waals surface area contributed by atoms with Crippen LogP contribution >= 0.6 is 0 Å². The molecule has 0 N–H and O–H groups in total. The number of benzene rings is 1. The van der Waals surface area contributed by atoms with E-state index in [0.717, 1.165) is 17.5 Å². The third-order valence-corrected chi connectivity index (χ3v) is 2.39. The lowest BCUT2D eigenvalue weighted by molar-refractivity contribution is 0.343. The summed E-state index contributed by atoms with van der Waals surface area (Å²) in [5.74, 6) is 0. The summed E-state index contributed by atoms with van der Waals surface area (Å²) in [6, 6.07) is 6.02. The van der Waals surface area contributed by atoms with Crippen LogP contribution in [0.1, 0.15) is 29.3 Å².